The van der Waals surface area contributed by atoms with E-state index in [1.807, 2.05) is 50.2 Å². The Labute approximate surface area is 207 Å². The smallest absolute Gasteiger partial charge is 0.411 e. The number of aromatic nitrogens is 2. The molecule has 6 nitrogen and oxygen atoms in total. The maximum absolute atomic E-state index is 13.2. The van der Waals surface area contributed by atoms with Crippen LogP contribution in [-0.4, -0.2) is 47.1 Å². The number of carbonyl (C=O) groups excluding carboxylic acids is 1. The summed E-state index contributed by atoms with van der Waals surface area (Å²) >= 11 is 3.55. The molecule has 1 aromatic heterocycles. The van der Waals surface area contributed by atoms with E-state index < -0.39 is 13.9 Å². The zero-order chi connectivity index (χ0) is 24.6. The average molecular weight is 537 g/mol. The van der Waals surface area contributed by atoms with Crippen molar-refractivity contribution in [1.82, 2.24) is 14.5 Å². The average Bonchev–Trinajstić information content (AvgIpc) is 3.25. The van der Waals surface area contributed by atoms with Crippen LogP contribution in [0.5, 0.6) is 0 Å². The van der Waals surface area contributed by atoms with Crippen LogP contribution in [-0.2, 0) is 15.7 Å². The molecule has 0 bridgehead atoms. The van der Waals surface area contributed by atoms with Crippen molar-refractivity contribution < 1.29 is 14.0 Å². The van der Waals surface area contributed by atoms with Gasteiger partial charge in [0.1, 0.15) is 11.4 Å². The first kappa shape index (κ1) is 26.0. The Balaban J connectivity index is 1.89. The predicted molar refractivity (Wildman–Crippen MR) is 138 cm³/mol. The maximum atomic E-state index is 13.2. The molecule has 2 aromatic rings. The van der Waals surface area contributed by atoms with E-state index in [0.29, 0.717) is 19.5 Å². The monoisotopic (exact) mass is 535 g/mol. The van der Waals surface area contributed by atoms with Gasteiger partial charge in [0.2, 0.25) is 0 Å². The molecule has 1 aliphatic heterocycles. The Morgan fingerprint density at radius 1 is 1.21 bits per heavy atom. The van der Waals surface area contributed by atoms with E-state index in [0.717, 1.165) is 10.3 Å². The second-order valence-corrected chi connectivity index (χ2v) is 17.1. The molecule has 2 atom stereocenters. The zero-order valence-electron chi connectivity index (χ0n) is 21.2. The van der Waals surface area contributed by atoms with E-state index in [1.54, 1.807) is 0 Å². The molecular formula is C25H38BrN3O3Si. The molecule has 0 unspecified atom stereocenters. The number of rotatable bonds is 5. The van der Waals surface area contributed by atoms with Crippen molar-refractivity contribution in [3.63, 3.8) is 0 Å². The molecule has 3 rings (SSSR count). The van der Waals surface area contributed by atoms with Gasteiger partial charge >= 0.3 is 6.09 Å². The lowest BCUT2D eigenvalue weighted by Crippen LogP contribution is -2.45. The minimum atomic E-state index is -1.99. The van der Waals surface area contributed by atoms with E-state index in [4.69, 9.17) is 9.16 Å². The molecule has 0 aliphatic carbocycles. The summed E-state index contributed by atoms with van der Waals surface area (Å²) in [5, 5.41) is 0.0982. The lowest BCUT2D eigenvalue weighted by molar-refractivity contribution is 0.0201. The lowest BCUT2D eigenvalue weighted by atomic mass is 10.1. The van der Waals surface area contributed by atoms with Gasteiger partial charge in [0, 0.05) is 36.4 Å². The molecule has 2 heterocycles. The van der Waals surface area contributed by atoms with Crippen molar-refractivity contribution in [2.75, 3.05) is 6.54 Å². The first-order valence-electron chi connectivity index (χ1n) is 11.6. The van der Waals surface area contributed by atoms with Crippen molar-refractivity contribution in [1.29, 1.82) is 0 Å². The normalized spacial score (nSPS) is 19.7. The molecule has 0 saturated carbocycles. The number of nitrogens with zero attached hydrogens (tertiary/aromatic N) is 3. The molecule has 1 amide bonds. The van der Waals surface area contributed by atoms with Crippen LogP contribution < -0.4 is 0 Å². The van der Waals surface area contributed by atoms with Gasteiger partial charge in [-0.15, -0.1) is 0 Å². The molecule has 182 valence electrons. The van der Waals surface area contributed by atoms with E-state index in [-0.39, 0.29) is 23.3 Å². The summed E-state index contributed by atoms with van der Waals surface area (Å²) in [5.74, 6) is 0.863. The van der Waals surface area contributed by atoms with E-state index >= 15 is 0 Å². The van der Waals surface area contributed by atoms with Crippen molar-refractivity contribution in [2.45, 2.75) is 90.4 Å². The van der Waals surface area contributed by atoms with Crippen molar-refractivity contribution in [3.05, 3.63) is 52.5 Å². The number of benzene rings is 1. The Bertz CT molecular complexity index is 978. The topological polar surface area (TPSA) is 56.6 Å². The SMILES string of the molecule is CC(C)(C)OC(=O)N1C[C@H](O[Si](C)(C)C(C)(C)C)C[C@H]1c1nccn1Cc1cccc(Br)c1. The third kappa shape index (κ3) is 6.48. The van der Waals surface area contributed by atoms with E-state index in [1.165, 1.54) is 5.56 Å². The fraction of sp³-hybridized carbons (Fsp3) is 0.600. The zero-order valence-corrected chi connectivity index (χ0v) is 23.8. The van der Waals surface area contributed by atoms with Gasteiger partial charge < -0.3 is 13.7 Å². The predicted octanol–water partition coefficient (Wildman–Crippen LogP) is 6.77. The number of halogens is 1. The molecule has 0 radical (unpaired) electrons. The van der Waals surface area contributed by atoms with Gasteiger partial charge in [-0.1, -0.05) is 48.8 Å². The number of amides is 1. The van der Waals surface area contributed by atoms with Crippen molar-refractivity contribution in [2.24, 2.45) is 0 Å². The Morgan fingerprint density at radius 3 is 2.52 bits per heavy atom. The molecule has 0 spiro atoms. The van der Waals surface area contributed by atoms with E-state index in [2.05, 4.69) is 71.5 Å². The highest BCUT2D eigenvalue weighted by molar-refractivity contribution is 9.10. The summed E-state index contributed by atoms with van der Waals surface area (Å²) in [6.45, 7) is 18.1. The van der Waals surface area contributed by atoms with Crippen LogP contribution >= 0.6 is 15.9 Å². The van der Waals surface area contributed by atoms with Crippen LogP contribution in [0.15, 0.2) is 41.1 Å². The van der Waals surface area contributed by atoms with Gasteiger partial charge in [-0.05, 0) is 56.6 Å². The minimum absolute atomic E-state index is 0.0422. The van der Waals surface area contributed by atoms with Crippen LogP contribution in [0, 0.1) is 0 Å². The van der Waals surface area contributed by atoms with E-state index in [9.17, 15) is 4.79 Å². The first-order valence-corrected chi connectivity index (χ1v) is 15.3. The van der Waals surface area contributed by atoms with Crippen LogP contribution in [0.25, 0.3) is 0 Å². The molecule has 1 aliphatic rings. The number of likely N-dealkylation sites (tertiary alicyclic amines) is 1. The fourth-order valence-electron chi connectivity index (χ4n) is 3.83. The third-order valence-corrected chi connectivity index (χ3v) is 11.5. The second kappa shape index (κ2) is 9.54. The summed E-state index contributed by atoms with van der Waals surface area (Å²) in [5.41, 5.74) is 0.602. The molecular weight excluding hydrogens is 498 g/mol. The number of carbonyl (C=O) groups is 1. The highest BCUT2D eigenvalue weighted by atomic mass is 79.9. The highest BCUT2D eigenvalue weighted by Crippen LogP contribution is 2.41. The summed E-state index contributed by atoms with van der Waals surface area (Å²) in [7, 11) is -1.99. The van der Waals surface area contributed by atoms with Gasteiger partial charge in [-0.25, -0.2) is 9.78 Å². The number of hydrogen-bond donors (Lipinski definition) is 0. The Morgan fingerprint density at radius 2 is 1.91 bits per heavy atom. The summed E-state index contributed by atoms with van der Waals surface area (Å²) < 4.78 is 15.7. The molecule has 8 heteroatoms. The molecule has 1 saturated heterocycles. The maximum Gasteiger partial charge on any atom is 0.411 e. The number of ether oxygens (including phenoxy) is 1. The quantitative estimate of drug-likeness (QED) is 0.396. The van der Waals surface area contributed by atoms with Crippen molar-refractivity contribution in [3.8, 4) is 0 Å². The first-order chi connectivity index (χ1) is 15.2. The highest BCUT2D eigenvalue weighted by Gasteiger charge is 2.45. The van der Waals surface area contributed by atoms with Crippen LogP contribution in [0.1, 0.15) is 65.4 Å². The minimum Gasteiger partial charge on any atom is -0.444 e. The molecule has 1 aromatic carbocycles. The summed E-state index contributed by atoms with van der Waals surface area (Å²) in [6.07, 6.45) is 4.14. The molecule has 0 N–H and O–H groups in total. The van der Waals surface area contributed by atoms with Gasteiger partial charge in [-0.2, -0.15) is 0 Å². The van der Waals surface area contributed by atoms with Crippen molar-refractivity contribution >= 4 is 30.3 Å². The molecule has 1 fully saturated rings. The third-order valence-electron chi connectivity index (χ3n) is 6.45. The van der Waals surface area contributed by atoms with Crippen LogP contribution in [0.4, 0.5) is 4.79 Å². The number of imidazole rings is 1. The lowest BCUT2D eigenvalue weighted by Gasteiger charge is -2.38. The van der Waals surface area contributed by atoms with Gasteiger partial charge in [-0.3, -0.25) is 4.90 Å². The summed E-state index contributed by atoms with van der Waals surface area (Å²) in [4.78, 5) is 19.7. The van der Waals surface area contributed by atoms with Crippen LogP contribution in [0.2, 0.25) is 18.1 Å². The fourth-order valence-corrected chi connectivity index (χ4v) is 5.63. The molecule has 33 heavy (non-hydrogen) atoms. The number of hydrogen-bond acceptors (Lipinski definition) is 4. The largest absolute Gasteiger partial charge is 0.444 e. The Kier molecular flexibility index (Phi) is 7.51. The summed E-state index contributed by atoms with van der Waals surface area (Å²) in [6, 6.07) is 8.05. The van der Waals surface area contributed by atoms with Gasteiger partial charge in [0.15, 0.2) is 8.32 Å². The van der Waals surface area contributed by atoms with Crippen LogP contribution in [0.3, 0.4) is 0 Å². The second-order valence-electron chi connectivity index (χ2n) is 11.4. The van der Waals surface area contributed by atoms with Gasteiger partial charge in [0.05, 0.1) is 12.1 Å². The Hall–Kier alpha value is -1.64. The standard InChI is InChI=1S/C25H38BrN3O3Si/c1-24(2,3)31-23(30)29-17-20(32-33(7,8)25(4,5)6)15-21(29)22-27-12-13-28(22)16-18-10-9-11-19(26)14-18/h9-14,20-21H,15-17H2,1-8H3/t20-,21+/m1/s1. The van der Waals surface area contributed by atoms with Gasteiger partial charge in [0.25, 0.3) is 0 Å².